The number of aryl methyl sites for hydroxylation is 1. The monoisotopic (exact) mass is 344 g/mol. The Balaban J connectivity index is 1.76. The zero-order valence-electron chi connectivity index (χ0n) is 15.4. The molecule has 1 aromatic carbocycles. The van der Waals surface area contributed by atoms with Crippen LogP contribution in [0.1, 0.15) is 51.5 Å². The van der Waals surface area contributed by atoms with E-state index in [1.54, 1.807) is 4.90 Å². The molecular formula is C20H28N2O3. The highest BCUT2D eigenvalue weighted by atomic mass is 16.5. The van der Waals surface area contributed by atoms with Crippen molar-refractivity contribution in [2.75, 3.05) is 11.4 Å². The molecule has 1 heterocycles. The summed E-state index contributed by atoms with van der Waals surface area (Å²) >= 11 is 0. The number of benzene rings is 1. The van der Waals surface area contributed by atoms with Crippen molar-refractivity contribution >= 4 is 17.5 Å². The normalized spacial score (nSPS) is 26.0. The minimum Gasteiger partial charge on any atom is -0.478 e. The fourth-order valence-corrected chi connectivity index (χ4v) is 3.78. The lowest BCUT2D eigenvalue weighted by Crippen LogP contribution is -2.51. The molecule has 2 amide bonds. The molecule has 1 N–H and O–H groups in total. The number of hydrogen-bond acceptors (Lipinski definition) is 3. The van der Waals surface area contributed by atoms with E-state index >= 15 is 0 Å². The van der Waals surface area contributed by atoms with Crippen LogP contribution in [0.4, 0.5) is 5.69 Å². The van der Waals surface area contributed by atoms with Crippen LogP contribution in [0.3, 0.4) is 0 Å². The molecule has 2 aliphatic rings. The Kier molecular flexibility index (Phi) is 5.30. The van der Waals surface area contributed by atoms with Crippen LogP contribution in [0.5, 0.6) is 5.75 Å². The maximum absolute atomic E-state index is 12.7. The highest BCUT2D eigenvalue weighted by molar-refractivity contribution is 6.03. The molecule has 25 heavy (non-hydrogen) atoms. The van der Waals surface area contributed by atoms with E-state index in [9.17, 15) is 9.59 Å². The largest absolute Gasteiger partial charge is 0.478 e. The number of fused-ring (bicyclic) bond motifs is 1. The summed E-state index contributed by atoms with van der Waals surface area (Å²) in [6.45, 7) is 6.14. The quantitative estimate of drug-likeness (QED) is 0.912. The Labute approximate surface area is 149 Å². The second kappa shape index (κ2) is 7.46. The number of carbonyl (C=O) groups is 2. The average Bonchev–Trinajstić information content (AvgIpc) is 2.59. The molecule has 0 aromatic heterocycles. The van der Waals surface area contributed by atoms with Crippen molar-refractivity contribution in [3.8, 4) is 5.75 Å². The lowest BCUT2D eigenvalue weighted by Gasteiger charge is -2.35. The minimum atomic E-state index is -0.517. The molecule has 5 heteroatoms. The van der Waals surface area contributed by atoms with Crippen LogP contribution in [0.15, 0.2) is 18.2 Å². The SMILES string of the molecule is CCC1Oc2ccc(C)cc2N(CC(=O)NC2CCCCC2C)C1=O. The van der Waals surface area contributed by atoms with E-state index in [1.165, 1.54) is 6.42 Å². The molecule has 1 aromatic rings. The van der Waals surface area contributed by atoms with Gasteiger partial charge in [-0.1, -0.05) is 32.8 Å². The second-order valence-electron chi connectivity index (χ2n) is 7.35. The second-order valence-corrected chi connectivity index (χ2v) is 7.35. The summed E-state index contributed by atoms with van der Waals surface area (Å²) in [6.07, 6.45) is 4.64. The fourth-order valence-electron chi connectivity index (χ4n) is 3.78. The van der Waals surface area contributed by atoms with Crippen molar-refractivity contribution in [1.82, 2.24) is 5.32 Å². The van der Waals surface area contributed by atoms with E-state index in [4.69, 9.17) is 4.74 Å². The van der Waals surface area contributed by atoms with Gasteiger partial charge in [0.2, 0.25) is 5.91 Å². The van der Waals surface area contributed by atoms with Gasteiger partial charge in [0.05, 0.1) is 5.69 Å². The molecule has 1 aliphatic heterocycles. The van der Waals surface area contributed by atoms with Gasteiger partial charge in [0.25, 0.3) is 5.91 Å². The van der Waals surface area contributed by atoms with Crippen molar-refractivity contribution in [1.29, 1.82) is 0 Å². The molecular weight excluding hydrogens is 316 g/mol. The van der Waals surface area contributed by atoms with Gasteiger partial charge in [-0.05, 0) is 49.8 Å². The zero-order valence-corrected chi connectivity index (χ0v) is 15.4. The summed E-state index contributed by atoms with van der Waals surface area (Å²) < 4.78 is 5.80. The molecule has 5 nitrogen and oxygen atoms in total. The van der Waals surface area contributed by atoms with Gasteiger partial charge in [-0.25, -0.2) is 0 Å². The van der Waals surface area contributed by atoms with E-state index in [0.717, 1.165) is 24.8 Å². The van der Waals surface area contributed by atoms with Gasteiger partial charge in [0.15, 0.2) is 6.10 Å². The first-order valence-corrected chi connectivity index (χ1v) is 9.37. The average molecular weight is 344 g/mol. The first kappa shape index (κ1) is 17.8. The van der Waals surface area contributed by atoms with Crippen LogP contribution < -0.4 is 15.0 Å². The fraction of sp³-hybridized carbons (Fsp3) is 0.600. The Hall–Kier alpha value is -2.04. The number of ether oxygens (including phenoxy) is 1. The van der Waals surface area contributed by atoms with Gasteiger partial charge in [-0.3, -0.25) is 14.5 Å². The summed E-state index contributed by atoms with van der Waals surface area (Å²) in [5, 5.41) is 3.14. The summed E-state index contributed by atoms with van der Waals surface area (Å²) in [4.78, 5) is 26.9. The molecule has 0 saturated heterocycles. The van der Waals surface area contributed by atoms with Crippen LogP contribution in [0.25, 0.3) is 0 Å². The third-order valence-electron chi connectivity index (χ3n) is 5.35. The van der Waals surface area contributed by atoms with Crippen LogP contribution in [-0.4, -0.2) is 30.5 Å². The zero-order chi connectivity index (χ0) is 18.0. The Bertz CT molecular complexity index is 658. The standard InChI is InChI=1S/C20H28N2O3/c1-4-17-20(24)22(16-11-13(2)9-10-18(16)25-17)12-19(23)21-15-8-6-5-7-14(15)3/h9-11,14-15,17H,4-8,12H2,1-3H3,(H,21,23). The molecule has 3 unspecified atom stereocenters. The summed E-state index contributed by atoms with van der Waals surface area (Å²) in [6, 6.07) is 5.98. The van der Waals surface area contributed by atoms with Gasteiger partial charge >= 0.3 is 0 Å². The van der Waals surface area contributed by atoms with Crippen molar-refractivity contribution < 1.29 is 14.3 Å². The topological polar surface area (TPSA) is 58.6 Å². The maximum Gasteiger partial charge on any atom is 0.268 e. The number of hydrogen-bond donors (Lipinski definition) is 1. The molecule has 1 saturated carbocycles. The highest BCUT2D eigenvalue weighted by Gasteiger charge is 2.35. The number of carbonyl (C=O) groups excluding carboxylic acids is 2. The first-order valence-electron chi connectivity index (χ1n) is 9.37. The van der Waals surface area contributed by atoms with Gasteiger partial charge < -0.3 is 10.1 Å². The van der Waals surface area contributed by atoms with Crippen molar-refractivity contribution in [3.63, 3.8) is 0 Å². The van der Waals surface area contributed by atoms with Crippen LogP contribution in [0.2, 0.25) is 0 Å². The molecule has 0 radical (unpaired) electrons. The third-order valence-corrected chi connectivity index (χ3v) is 5.35. The van der Waals surface area contributed by atoms with E-state index in [1.807, 2.05) is 32.0 Å². The van der Waals surface area contributed by atoms with E-state index in [-0.39, 0.29) is 24.4 Å². The maximum atomic E-state index is 12.7. The Morgan fingerprint density at radius 2 is 2.08 bits per heavy atom. The van der Waals surface area contributed by atoms with Crippen molar-refractivity contribution in [3.05, 3.63) is 23.8 Å². The van der Waals surface area contributed by atoms with E-state index in [2.05, 4.69) is 12.2 Å². The highest BCUT2D eigenvalue weighted by Crippen LogP contribution is 2.35. The van der Waals surface area contributed by atoms with Gasteiger partial charge in [-0.2, -0.15) is 0 Å². The first-order chi connectivity index (χ1) is 12.0. The predicted molar refractivity (Wildman–Crippen MR) is 97.8 cm³/mol. The van der Waals surface area contributed by atoms with E-state index < -0.39 is 6.10 Å². The van der Waals surface area contributed by atoms with Crippen molar-refractivity contribution in [2.24, 2.45) is 5.92 Å². The lowest BCUT2D eigenvalue weighted by molar-refractivity contribution is -0.129. The summed E-state index contributed by atoms with van der Waals surface area (Å²) in [5.41, 5.74) is 1.73. The molecule has 3 rings (SSSR count). The van der Waals surface area contributed by atoms with E-state index in [0.29, 0.717) is 23.8 Å². The van der Waals surface area contributed by atoms with Gasteiger partial charge in [-0.15, -0.1) is 0 Å². The number of nitrogens with one attached hydrogen (secondary N) is 1. The lowest BCUT2D eigenvalue weighted by atomic mass is 9.86. The smallest absolute Gasteiger partial charge is 0.268 e. The minimum absolute atomic E-state index is 0.0539. The van der Waals surface area contributed by atoms with Gasteiger partial charge in [0.1, 0.15) is 12.3 Å². The number of rotatable bonds is 4. The molecule has 1 fully saturated rings. The number of nitrogens with zero attached hydrogens (tertiary/aromatic N) is 1. The Morgan fingerprint density at radius 1 is 1.32 bits per heavy atom. The summed E-state index contributed by atoms with van der Waals surface area (Å²) in [7, 11) is 0. The predicted octanol–water partition coefficient (Wildman–Crippen LogP) is 3.19. The molecule has 0 bridgehead atoms. The molecule has 1 aliphatic carbocycles. The third kappa shape index (κ3) is 3.80. The molecule has 3 atom stereocenters. The molecule has 0 spiro atoms. The number of anilines is 1. The van der Waals surface area contributed by atoms with Crippen molar-refractivity contribution in [2.45, 2.75) is 65.0 Å². The molecule has 136 valence electrons. The summed E-state index contributed by atoms with van der Waals surface area (Å²) in [5.74, 6) is 0.954. The van der Waals surface area contributed by atoms with Crippen LogP contribution >= 0.6 is 0 Å². The number of amides is 2. The van der Waals surface area contributed by atoms with Crippen LogP contribution in [-0.2, 0) is 9.59 Å². The Morgan fingerprint density at radius 3 is 2.80 bits per heavy atom. The van der Waals surface area contributed by atoms with Gasteiger partial charge in [0, 0.05) is 6.04 Å². The van der Waals surface area contributed by atoms with Crippen LogP contribution in [0, 0.1) is 12.8 Å².